The minimum atomic E-state index is -0.540. The van der Waals surface area contributed by atoms with Gasteiger partial charge in [-0.25, -0.2) is 14.6 Å². The van der Waals surface area contributed by atoms with Crippen molar-refractivity contribution in [3.63, 3.8) is 0 Å². The summed E-state index contributed by atoms with van der Waals surface area (Å²) < 4.78 is 27.6. The summed E-state index contributed by atoms with van der Waals surface area (Å²) in [6.45, 7) is 7.61. The molecule has 1 aromatic heterocycles. The summed E-state index contributed by atoms with van der Waals surface area (Å²) >= 11 is 0. The second-order valence-corrected chi connectivity index (χ2v) is 9.33. The molecular formula is C25H31N3O7. The van der Waals surface area contributed by atoms with Gasteiger partial charge in [-0.2, -0.15) is 0 Å². The quantitative estimate of drug-likeness (QED) is 0.586. The predicted octanol–water partition coefficient (Wildman–Crippen LogP) is 3.80. The third kappa shape index (κ3) is 5.52. The first-order valence-electron chi connectivity index (χ1n) is 11.5. The van der Waals surface area contributed by atoms with Gasteiger partial charge in [0.2, 0.25) is 5.88 Å². The molecule has 0 unspecified atom stereocenters. The number of amides is 1. The minimum absolute atomic E-state index is 0.146. The van der Waals surface area contributed by atoms with E-state index < -0.39 is 11.6 Å². The van der Waals surface area contributed by atoms with Crippen molar-refractivity contribution >= 4 is 23.4 Å². The predicted molar refractivity (Wildman–Crippen MR) is 128 cm³/mol. The first-order valence-corrected chi connectivity index (χ1v) is 11.5. The van der Waals surface area contributed by atoms with Gasteiger partial charge in [-0.3, -0.25) is 0 Å². The molecule has 0 spiro atoms. The number of carbonyl (C=O) groups is 2. The highest BCUT2D eigenvalue weighted by Crippen LogP contribution is 2.40. The van der Waals surface area contributed by atoms with Crippen molar-refractivity contribution in [3.05, 3.63) is 36.0 Å². The highest BCUT2D eigenvalue weighted by molar-refractivity contribution is 5.93. The van der Waals surface area contributed by atoms with Gasteiger partial charge in [-0.05, 0) is 39.0 Å². The number of likely N-dealkylation sites (tertiary alicyclic amines) is 1. The normalized spacial score (nSPS) is 17.3. The van der Waals surface area contributed by atoms with Gasteiger partial charge in [-0.15, -0.1) is 0 Å². The van der Waals surface area contributed by atoms with Gasteiger partial charge in [0.25, 0.3) is 0 Å². The Kier molecular flexibility index (Phi) is 6.90. The summed E-state index contributed by atoms with van der Waals surface area (Å²) in [6, 6.07) is 7.29. The fraction of sp³-hybridized carbons (Fsp3) is 0.480. The van der Waals surface area contributed by atoms with Crippen molar-refractivity contribution in [1.82, 2.24) is 9.88 Å². The van der Waals surface area contributed by atoms with Crippen LogP contribution in [0.5, 0.6) is 17.4 Å². The van der Waals surface area contributed by atoms with Crippen LogP contribution in [0.3, 0.4) is 0 Å². The van der Waals surface area contributed by atoms with Gasteiger partial charge in [0.15, 0.2) is 0 Å². The van der Waals surface area contributed by atoms with Gasteiger partial charge >= 0.3 is 12.1 Å². The van der Waals surface area contributed by atoms with Crippen LogP contribution in [0, 0.1) is 0 Å². The molecule has 1 atom stereocenters. The Morgan fingerprint density at radius 3 is 2.66 bits per heavy atom. The number of anilines is 2. The SMILES string of the molecule is COC(=O)c1cc(N2CCOc3ccc(O[C@H]4CCN(C(=O)OC(C)(C)C)C4)cc32)cnc1OC. The summed E-state index contributed by atoms with van der Waals surface area (Å²) in [7, 11) is 2.77. The van der Waals surface area contributed by atoms with Gasteiger partial charge in [-0.1, -0.05) is 0 Å². The van der Waals surface area contributed by atoms with Crippen molar-refractivity contribution in [3.8, 4) is 17.4 Å². The zero-order valence-corrected chi connectivity index (χ0v) is 20.7. The molecule has 2 aromatic rings. The number of hydrogen-bond acceptors (Lipinski definition) is 9. The van der Waals surface area contributed by atoms with Crippen LogP contribution in [-0.4, -0.2) is 74.1 Å². The van der Waals surface area contributed by atoms with Gasteiger partial charge in [0.05, 0.1) is 44.9 Å². The average molecular weight is 486 g/mol. The number of nitrogens with zero attached hydrogens (tertiary/aromatic N) is 3. The van der Waals surface area contributed by atoms with Crippen LogP contribution >= 0.6 is 0 Å². The lowest BCUT2D eigenvalue weighted by atomic mass is 10.1. The first-order chi connectivity index (χ1) is 16.7. The molecule has 2 aliphatic heterocycles. The Balaban J connectivity index is 1.52. The Bertz CT molecular complexity index is 1100. The maximum Gasteiger partial charge on any atom is 0.410 e. The summed E-state index contributed by atoms with van der Waals surface area (Å²) in [6.07, 6.45) is 1.87. The Morgan fingerprint density at radius 1 is 1.14 bits per heavy atom. The van der Waals surface area contributed by atoms with E-state index in [1.807, 2.05) is 43.9 Å². The molecule has 1 fully saturated rings. The molecular weight excluding hydrogens is 454 g/mol. The number of esters is 1. The molecule has 35 heavy (non-hydrogen) atoms. The van der Waals surface area contributed by atoms with Crippen LogP contribution in [0.1, 0.15) is 37.6 Å². The average Bonchev–Trinajstić information content (AvgIpc) is 3.30. The molecule has 2 aliphatic rings. The molecule has 10 nitrogen and oxygen atoms in total. The monoisotopic (exact) mass is 485 g/mol. The van der Waals surface area contributed by atoms with Crippen LogP contribution in [0.2, 0.25) is 0 Å². The maximum absolute atomic E-state index is 12.4. The summed E-state index contributed by atoms with van der Waals surface area (Å²) in [5, 5.41) is 0. The molecule has 3 heterocycles. The lowest BCUT2D eigenvalue weighted by molar-refractivity contribution is 0.0275. The Hall–Kier alpha value is -3.69. The Morgan fingerprint density at radius 2 is 1.94 bits per heavy atom. The van der Waals surface area contributed by atoms with Crippen LogP contribution in [0.4, 0.5) is 16.2 Å². The summed E-state index contributed by atoms with van der Waals surface area (Å²) in [4.78, 5) is 32.6. The highest BCUT2D eigenvalue weighted by atomic mass is 16.6. The van der Waals surface area contributed by atoms with E-state index in [9.17, 15) is 9.59 Å². The topological polar surface area (TPSA) is 99.7 Å². The molecule has 0 N–H and O–H groups in total. The van der Waals surface area contributed by atoms with Crippen LogP contribution < -0.4 is 19.1 Å². The third-order valence-electron chi connectivity index (χ3n) is 5.64. The number of benzene rings is 1. The van der Waals surface area contributed by atoms with E-state index in [4.69, 9.17) is 23.7 Å². The molecule has 4 rings (SSSR count). The van der Waals surface area contributed by atoms with E-state index in [1.54, 1.807) is 17.2 Å². The number of ether oxygens (including phenoxy) is 5. The van der Waals surface area contributed by atoms with E-state index in [1.165, 1.54) is 14.2 Å². The van der Waals surface area contributed by atoms with E-state index in [-0.39, 0.29) is 23.6 Å². The summed E-state index contributed by atoms with van der Waals surface area (Å²) in [5.41, 5.74) is 1.19. The fourth-order valence-corrected chi connectivity index (χ4v) is 4.06. The molecule has 10 heteroatoms. The van der Waals surface area contributed by atoms with E-state index >= 15 is 0 Å². The first kappa shape index (κ1) is 24.4. The molecule has 0 bridgehead atoms. The van der Waals surface area contributed by atoms with E-state index in [2.05, 4.69) is 4.98 Å². The highest BCUT2D eigenvalue weighted by Gasteiger charge is 2.31. The number of fused-ring (bicyclic) bond motifs is 1. The molecule has 1 saturated heterocycles. The number of rotatable bonds is 5. The van der Waals surface area contributed by atoms with Crippen molar-refractivity contribution < 1.29 is 33.3 Å². The summed E-state index contributed by atoms with van der Waals surface area (Å²) in [5.74, 6) is 1.02. The lowest BCUT2D eigenvalue weighted by Gasteiger charge is -2.32. The molecule has 1 amide bonds. The van der Waals surface area contributed by atoms with Crippen molar-refractivity contribution in [2.45, 2.75) is 38.9 Å². The van der Waals surface area contributed by atoms with Gasteiger partial charge in [0.1, 0.15) is 35.4 Å². The molecule has 188 valence electrons. The molecule has 1 aromatic carbocycles. The third-order valence-corrected chi connectivity index (χ3v) is 5.64. The fourth-order valence-electron chi connectivity index (χ4n) is 4.06. The second kappa shape index (κ2) is 9.89. The smallest absolute Gasteiger partial charge is 0.410 e. The number of aromatic nitrogens is 1. The van der Waals surface area contributed by atoms with E-state index in [0.717, 1.165) is 5.69 Å². The maximum atomic E-state index is 12.4. The number of hydrogen-bond donors (Lipinski definition) is 0. The van der Waals surface area contributed by atoms with Crippen LogP contribution in [0.25, 0.3) is 0 Å². The molecule has 0 saturated carbocycles. The van der Waals surface area contributed by atoms with Gasteiger partial charge < -0.3 is 33.5 Å². The molecule has 0 aliphatic carbocycles. The van der Waals surface area contributed by atoms with Crippen LogP contribution in [-0.2, 0) is 9.47 Å². The zero-order chi connectivity index (χ0) is 25.2. The largest absolute Gasteiger partial charge is 0.490 e. The van der Waals surface area contributed by atoms with Crippen molar-refractivity contribution in [2.24, 2.45) is 0 Å². The van der Waals surface area contributed by atoms with Crippen molar-refractivity contribution in [1.29, 1.82) is 0 Å². The standard InChI is InChI=1S/C25H31N3O7/c1-25(2,3)35-24(30)27-9-8-18(15-27)34-17-6-7-21-20(13-17)28(10-11-33-21)16-12-19(23(29)32-5)22(31-4)26-14-16/h6-7,12-14,18H,8-11,15H2,1-5H3/t18-/m0/s1. The second-order valence-electron chi connectivity index (χ2n) is 9.33. The van der Waals surface area contributed by atoms with Crippen LogP contribution in [0.15, 0.2) is 30.5 Å². The minimum Gasteiger partial charge on any atom is -0.490 e. The number of pyridine rings is 1. The van der Waals surface area contributed by atoms with Crippen molar-refractivity contribution in [2.75, 3.05) is 45.4 Å². The van der Waals surface area contributed by atoms with E-state index in [0.29, 0.717) is 49.8 Å². The van der Waals surface area contributed by atoms with Gasteiger partial charge in [0, 0.05) is 19.0 Å². The lowest BCUT2D eigenvalue weighted by Crippen LogP contribution is -2.36. The Labute approximate surface area is 204 Å². The molecule has 0 radical (unpaired) electrons. The zero-order valence-electron chi connectivity index (χ0n) is 20.7. The number of carbonyl (C=O) groups excluding carboxylic acids is 2. The number of methoxy groups -OCH3 is 2.